The van der Waals surface area contributed by atoms with Crippen LogP contribution in [0.2, 0.25) is 0 Å². The molecule has 28 heavy (non-hydrogen) atoms. The number of aryl methyl sites for hydroxylation is 2. The smallest absolute Gasteiger partial charge is 0.225 e. The lowest BCUT2D eigenvalue weighted by Gasteiger charge is -2.33. The Labute approximate surface area is 166 Å². The van der Waals surface area contributed by atoms with Crippen LogP contribution in [0.5, 0.6) is 0 Å². The maximum atomic E-state index is 11.3. The van der Waals surface area contributed by atoms with Crippen LogP contribution in [0, 0.1) is 0 Å². The van der Waals surface area contributed by atoms with Gasteiger partial charge in [-0.2, -0.15) is 5.10 Å². The average molecular weight is 386 g/mol. The Morgan fingerprint density at radius 1 is 1.29 bits per heavy atom. The van der Waals surface area contributed by atoms with Gasteiger partial charge in [-0.25, -0.2) is 9.67 Å². The number of amides is 1. The zero-order valence-corrected chi connectivity index (χ0v) is 16.6. The Bertz CT molecular complexity index is 761. The molecule has 1 fully saturated rings. The molecule has 0 bridgehead atoms. The van der Waals surface area contributed by atoms with Gasteiger partial charge in [0.25, 0.3) is 0 Å². The van der Waals surface area contributed by atoms with E-state index in [0.29, 0.717) is 12.4 Å². The number of carbonyl (C=O) groups excluding carboxylic acids is 1. The summed E-state index contributed by atoms with van der Waals surface area (Å²) in [6.45, 7) is 3.57. The number of carbonyl (C=O) groups is 1. The van der Waals surface area contributed by atoms with Crippen LogP contribution < -0.4 is 11.5 Å². The number of hydrogen-bond acceptors (Lipinski definition) is 5. The molecule has 0 unspecified atom stereocenters. The first-order chi connectivity index (χ1) is 13.6. The third-order valence-electron chi connectivity index (χ3n) is 5.27. The van der Waals surface area contributed by atoms with Crippen molar-refractivity contribution in [2.24, 2.45) is 11.5 Å². The fourth-order valence-electron chi connectivity index (χ4n) is 3.87. The number of aromatic nitrogens is 3. The van der Waals surface area contributed by atoms with Crippen LogP contribution in [0.4, 0.5) is 0 Å². The number of nitrogens with two attached hydrogens (primary N) is 2. The molecule has 1 aliphatic carbocycles. The van der Waals surface area contributed by atoms with E-state index in [2.05, 4.69) is 29.1 Å². The molecule has 1 heterocycles. The number of ether oxygens (including phenoxy) is 1. The highest BCUT2D eigenvalue weighted by molar-refractivity contribution is 5.75. The van der Waals surface area contributed by atoms with E-state index in [-0.39, 0.29) is 24.5 Å². The van der Waals surface area contributed by atoms with E-state index in [1.165, 1.54) is 5.56 Å². The van der Waals surface area contributed by atoms with Crippen LogP contribution >= 0.6 is 0 Å². The molecule has 3 rings (SSSR count). The van der Waals surface area contributed by atoms with E-state index in [0.717, 1.165) is 44.5 Å². The third kappa shape index (κ3) is 5.39. The van der Waals surface area contributed by atoms with Crippen LogP contribution in [-0.4, -0.2) is 39.4 Å². The number of benzene rings is 1. The van der Waals surface area contributed by atoms with Crippen molar-refractivity contribution >= 4 is 5.91 Å². The second kappa shape index (κ2) is 9.80. The highest BCUT2D eigenvalue weighted by Gasteiger charge is 2.32. The van der Waals surface area contributed by atoms with E-state index in [1.807, 2.05) is 22.9 Å². The lowest BCUT2D eigenvalue weighted by molar-refractivity contribution is -0.117. The molecule has 1 aliphatic rings. The number of rotatable bonds is 9. The highest BCUT2D eigenvalue weighted by atomic mass is 16.5. The Kier molecular flexibility index (Phi) is 7.17. The maximum Gasteiger partial charge on any atom is 0.225 e. The monoisotopic (exact) mass is 385 g/mol. The summed E-state index contributed by atoms with van der Waals surface area (Å²) in [5, 5.41) is 4.57. The Hall–Kier alpha value is -2.25. The van der Waals surface area contributed by atoms with E-state index in [1.54, 1.807) is 0 Å². The lowest BCUT2D eigenvalue weighted by Crippen LogP contribution is -2.42. The summed E-state index contributed by atoms with van der Waals surface area (Å²) >= 11 is 0. The van der Waals surface area contributed by atoms with E-state index < -0.39 is 5.91 Å². The second-order valence-corrected chi connectivity index (χ2v) is 7.57. The van der Waals surface area contributed by atoms with Gasteiger partial charge in [0.2, 0.25) is 5.91 Å². The van der Waals surface area contributed by atoms with Gasteiger partial charge in [-0.15, -0.1) is 0 Å². The van der Waals surface area contributed by atoms with Gasteiger partial charge in [-0.3, -0.25) is 4.79 Å². The molecule has 0 aliphatic heterocycles. The van der Waals surface area contributed by atoms with Gasteiger partial charge in [0.05, 0.1) is 12.5 Å². The standard InChI is InChI=1S/C21H31N5O2/c1-2-12-28-18-9-8-16(13-17(18)22)21-24-20(14-19(23)27)25-26(21)11-10-15-6-4-3-5-7-15/h3-7,16-18H,2,8-14,22H2,1H3,(H2,23,27)/t16-,17+,18+/m0/s1. The predicted octanol–water partition coefficient (Wildman–Crippen LogP) is 1.94. The quantitative estimate of drug-likeness (QED) is 0.685. The zero-order chi connectivity index (χ0) is 19.9. The van der Waals surface area contributed by atoms with Crippen molar-refractivity contribution in [1.82, 2.24) is 14.8 Å². The average Bonchev–Trinajstić information content (AvgIpc) is 3.08. The highest BCUT2D eigenvalue weighted by Crippen LogP contribution is 2.33. The van der Waals surface area contributed by atoms with Gasteiger partial charge in [0, 0.05) is 25.1 Å². The molecule has 1 aromatic carbocycles. The summed E-state index contributed by atoms with van der Waals surface area (Å²) in [6.07, 6.45) is 4.72. The number of nitrogens with zero attached hydrogens (tertiary/aromatic N) is 3. The van der Waals surface area contributed by atoms with Crippen LogP contribution in [0.3, 0.4) is 0 Å². The molecule has 2 aromatic rings. The Balaban J connectivity index is 1.73. The molecule has 7 heteroatoms. The van der Waals surface area contributed by atoms with Crippen LogP contribution in [0.25, 0.3) is 0 Å². The normalized spacial score (nSPS) is 22.3. The molecular weight excluding hydrogens is 354 g/mol. The molecule has 0 radical (unpaired) electrons. The molecule has 4 N–H and O–H groups in total. The Morgan fingerprint density at radius 3 is 2.75 bits per heavy atom. The molecular formula is C21H31N5O2. The van der Waals surface area contributed by atoms with Crippen LogP contribution in [0.1, 0.15) is 55.7 Å². The van der Waals surface area contributed by atoms with Crippen molar-refractivity contribution < 1.29 is 9.53 Å². The molecule has 3 atom stereocenters. The van der Waals surface area contributed by atoms with Crippen molar-refractivity contribution in [2.45, 2.75) is 70.1 Å². The van der Waals surface area contributed by atoms with Crippen molar-refractivity contribution in [3.8, 4) is 0 Å². The minimum Gasteiger partial charge on any atom is -0.377 e. The molecule has 1 aromatic heterocycles. The molecule has 1 saturated carbocycles. The fraction of sp³-hybridized carbons (Fsp3) is 0.571. The van der Waals surface area contributed by atoms with Gasteiger partial charge in [0.1, 0.15) is 5.82 Å². The van der Waals surface area contributed by atoms with Crippen molar-refractivity contribution in [2.75, 3.05) is 6.61 Å². The lowest BCUT2D eigenvalue weighted by atomic mass is 9.83. The van der Waals surface area contributed by atoms with Gasteiger partial charge in [0.15, 0.2) is 5.82 Å². The van der Waals surface area contributed by atoms with E-state index in [4.69, 9.17) is 16.2 Å². The summed E-state index contributed by atoms with van der Waals surface area (Å²) in [5.74, 6) is 1.21. The second-order valence-electron chi connectivity index (χ2n) is 7.57. The third-order valence-corrected chi connectivity index (χ3v) is 5.27. The minimum absolute atomic E-state index is 0.0100. The summed E-state index contributed by atoms with van der Waals surface area (Å²) in [5.41, 5.74) is 13.0. The van der Waals surface area contributed by atoms with Crippen molar-refractivity contribution in [1.29, 1.82) is 0 Å². The predicted molar refractivity (Wildman–Crippen MR) is 108 cm³/mol. The van der Waals surface area contributed by atoms with Crippen LogP contribution in [0.15, 0.2) is 30.3 Å². The topological polar surface area (TPSA) is 109 Å². The maximum absolute atomic E-state index is 11.3. The first-order valence-electron chi connectivity index (χ1n) is 10.2. The molecule has 0 saturated heterocycles. The van der Waals surface area contributed by atoms with Gasteiger partial charge >= 0.3 is 0 Å². The van der Waals surface area contributed by atoms with Gasteiger partial charge < -0.3 is 16.2 Å². The summed E-state index contributed by atoms with van der Waals surface area (Å²) < 4.78 is 7.83. The van der Waals surface area contributed by atoms with Crippen molar-refractivity contribution in [3.63, 3.8) is 0 Å². The SMILES string of the molecule is CCCO[C@@H]1CC[C@H](c2nc(CC(N)=O)nn2CCc2ccccc2)C[C@H]1N. The summed E-state index contributed by atoms with van der Waals surface area (Å²) in [7, 11) is 0. The van der Waals surface area contributed by atoms with Gasteiger partial charge in [-0.05, 0) is 37.7 Å². The summed E-state index contributed by atoms with van der Waals surface area (Å²) in [4.78, 5) is 16.0. The number of primary amides is 1. The first-order valence-corrected chi connectivity index (χ1v) is 10.2. The first kappa shape index (κ1) is 20.5. The van der Waals surface area contributed by atoms with Crippen molar-refractivity contribution in [3.05, 3.63) is 47.5 Å². The number of hydrogen-bond donors (Lipinski definition) is 2. The molecule has 0 spiro atoms. The Morgan fingerprint density at radius 2 is 2.07 bits per heavy atom. The van der Waals surface area contributed by atoms with Crippen LogP contribution in [-0.2, 0) is 28.9 Å². The summed E-state index contributed by atoms with van der Waals surface area (Å²) in [6, 6.07) is 10.3. The largest absolute Gasteiger partial charge is 0.377 e. The van der Waals surface area contributed by atoms with E-state index >= 15 is 0 Å². The molecule has 1 amide bonds. The van der Waals surface area contributed by atoms with E-state index in [9.17, 15) is 4.79 Å². The molecule has 152 valence electrons. The molecule has 7 nitrogen and oxygen atoms in total. The minimum atomic E-state index is -0.417. The van der Waals surface area contributed by atoms with Gasteiger partial charge in [-0.1, -0.05) is 37.3 Å². The fourth-order valence-corrected chi connectivity index (χ4v) is 3.87. The zero-order valence-electron chi connectivity index (χ0n) is 16.6.